The van der Waals surface area contributed by atoms with Gasteiger partial charge in [-0.05, 0) is 37.6 Å². The largest absolute Gasteiger partial charge is 0.450 e. The highest BCUT2D eigenvalue weighted by molar-refractivity contribution is 6.31. The molecule has 0 aliphatic carbocycles. The van der Waals surface area contributed by atoms with Gasteiger partial charge in [0.05, 0.1) is 6.61 Å². The van der Waals surface area contributed by atoms with E-state index in [4.69, 9.17) is 16.3 Å². The van der Waals surface area contributed by atoms with Crippen molar-refractivity contribution in [1.82, 2.24) is 4.98 Å². The number of amides is 1. The quantitative estimate of drug-likeness (QED) is 0.856. The number of halogens is 1. The van der Waals surface area contributed by atoms with Gasteiger partial charge in [-0.1, -0.05) is 11.6 Å². The summed E-state index contributed by atoms with van der Waals surface area (Å²) in [5.74, 6) is 0.640. The molecule has 0 aliphatic heterocycles. The number of fused-ring (bicyclic) bond motifs is 1. The highest BCUT2D eigenvalue weighted by Crippen LogP contribution is 2.27. The molecule has 4 nitrogen and oxygen atoms in total. The first-order valence-corrected chi connectivity index (χ1v) is 5.71. The maximum Gasteiger partial charge on any atom is 0.412 e. The zero-order valence-corrected chi connectivity index (χ0v) is 10.4. The number of H-pyrrole nitrogens is 1. The number of carbonyl (C=O) groups excluding carboxylic acids is 1. The summed E-state index contributed by atoms with van der Waals surface area (Å²) in [4.78, 5) is 14.4. The number of hydrogen-bond acceptors (Lipinski definition) is 2. The van der Waals surface area contributed by atoms with Gasteiger partial charge in [0.15, 0.2) is 0 Å². The highest BCUT2D eigenvalue weighted by Gasteiger charge is 2.10. The van der Waals surface area contributed by atoms with E-state index in [9.17, 15) is 4.79 Å². The molecule has 17 heavy (non-hydrogen) atoms. The lowest BCUT2D eigenvalue weighted by molar-refractivity contribution is 0.168. The van der Waals surface area contributed by atoms with Crippen LogP contribution < -0.4 is 5.32 Å². The Morgan fingerprint density at radius 1 is 1.53 bits per heavy atom. The molecule has 0 aliphatic rings. The Balaban J connectivity index is 2.35. The summed E-state index contributed by atoms with van der Waals surface area (Å²) in [6, 6.07) is 5.54. The second kappa shape index (κ2) is 4.67. The third kappa shape index (κ3) is 2.36. The van der Waals surface area contributed by atoms with Crippen molar-refractivity contribution in [2.24, 2.45) is 0 Å². The number of ether oxygens (including phenoxy) is 1. The SMILES string of the molecule is CCOC(=O)Nc1[nH]c2ccc(Cl)cc2c1C. The van der Waals surface area contributed by atoms with E-state index in [1.165, 1.54) is 0 Å². The smallest absolute Gasteiger partial charge is 0.412 e. The first-order valence-electron chi connectivity index (χ1n) is 5.33. The fourth-order valence-electron chi connectivity index (χ4n) is 1.69. The second-order valence-electron chi connectivity index (χ2n) is 3.66. The molecule has 0 saturated carbocycles. The molecule has 1 amide bonds. The lowest BCUT2D eigenvalue weighted by Crippen LogP contribution is -2.14. The van der Waals surface area contributed by atoms with Gasteiger partial charge in [0.25, 0.3) is 0 Å². The van der Waals surface area contributed by atoms with Crippen molar-refractivity contribution in [3.8, 4) is 0 Å². The number of anilines is 1. The van der Waals surface area contributed by atoms with Crippen molar-refractivity contribution >= 4 is 34.4 Å². The third-order valence-electron chi connectivity index (χ3n) is 2.52. The number of aromatic amines is 1. The Kier molecular flexibility index (Phi) is 3.24. The highest BCUT2D eigenvalue weighted by atomic mass is 35.5. The summed E-state index contributed by atoms with van der Waals surface area (Å²) in [6.45, 7) is 4.02. The zero-order valence-electron chi connectivity index (χ0n) is 9.63. The lowest BCUT2D eigenvalue weighted by atomic mass is 10.2. The summed E-state index contributed by atoms with van der Waals surface area (Å²) in [5, 5.41) is 4.32. The van der Waals surface area contributed by atoms with Crippen LogP contribution in [0.3, 0.4) is 0 Å². The van der Waals surface area contributed by atoms with Crippen LogP contribution >= 0.6 is 11.6 Å². The number of nitrogens with one attached hydrogen (secondary N) is 2. The van der Waals surface area contributed by atoms with Crippen LogP contribution in [0.15, 0.2) is 18.2 Å². The van der Waals surface area contributed by atoms with Crippen molar-refractivity contribution in [2.45, 2.75) is 13.8 Å². The van der Waals surface area contributed by atoms with Crippen LogP contribution in [0.4, 0.5) is 10.6 Å². The third-order valence-corrected chi connectivity index (χ3v) is 2.76. The fourth-order valence-corrected chi connectivity index (χ4v) is 1.87. The summed E-state index contributed by atoms with van der Waals surface area (Å²) in [5.41, 5.74) is 1.87. The number of carbonyl (C=O) groups is 1. The molecular weight excluding hydrogens is 240 g/mol. The van der Waals surface area contributed by atoms with Crippen LogP contribution in [0.25, 0.3) is 10.9 Å². The van der Waals surface area contributed by atoms with Crippen molar-refractivity contribution in [3.63, 3.8) is 0 Å². The van der Waals surface area contributed by atoms with E-state index >= 15 is 0 Å². The lowest BCUT2D eigenvalue weighted by Gasteiger charge is -2.03. The van der Waals surface area contributed by atoms with Crippen molar-refractivity contribution in [3.05, 3.63) is 28.8 Å². The van der Waals surface area contributed by atoms with Gasteiger partial charge >= 0.3 is 6.09 Å². The van der Waals surface area contributed by atoms with Gasteiger partial charge in [0.1, 0.15) is 5.82 Å². The molecule has 0 radical (unpaired) electrons. The van der Waals surface area contributed by atoms with E-state index in [-0.39, 0.29) is 0 Å². The average molecular weight is 253 g/mol. The van der Waals surface area contributed by atoms with Crippen LogP contribution in [0, 0.1) is 6.92 Å². The molecule has 0 unspecified atom stereocenters. The summed E-state index contributed by atoms with van der Waals surface area (Å²) < 4.78 is 4.82. The molecule has 0 saturated heterocycles. The molecule has 0 fully saturated rings. The van der Waals surface area contributed by atoms with Gasteiger partial charge < -0.3 is 9.72 Å². The molecule has 1 heterocycles. The monoisotopic (exact) mass is 252 g/mol. The predicted octanol–water partition coefficient (Wildman–Crippen LogP) is 3.70. The Morgan fingerprint density at radius 3 is 3.00 bits per heavy atom. The Hall–Kier alpha value is -1.68. The number of benzene rings is 1. The first-order chi connectivity index (χ1) is 8.11. The Bertz CT molecular complexity index is 563. The predicted molar refractivity (Wildman–Crippen MR) is 68.7 cm³/mol. The molecule has 5 heteroatoms. The molecule has 0 bridgehead atoms. The van der Waals surface area contributed by atoms with E-state index in [2.05, 4.69) is 10.3 Å². The van der Waals surface area contributed by atoms with E-state index in [1.807, 2.05) is 19.1 Å². The van der Waals surface area contributed by atoms with Gasteiger partial charge in [-0.2, -0.15) is 0 Å². The fraction of sp³-hybridized carbons (Fsp3) is 0.250. The summed E-state index contributed by atoms with van der Waals surface area (Å²) >= 11 is 5.93. The van der Waals surface area contributed by atoms with Crippen LogP contribution in [0.1, 0.15) is 12.5 Å². The minimum absolute atomic E-state index is 0.344. The minimum Gasteiger partial charge on any atom is -0.450 e. The van der Waals surface area contributed by atoms with Gasteiger partial charge in [0, 0.05) is 15.9 Å². The van der Waals surface area contributed by atoms with Crippen molar-refractivity contribution in [2.75, 3.05) is 11.9 Å². The number of rotatable bonds is 2. The van der Waals surface area contributed by atoms with Crippen molar-refractivity contribution < 1.29 is 9.53 Å². The van der Waals surface area contributed by atoms with E-state index < -0.39 is 6.09 Å². The normalized spacial score (nSPS) is 10.5. The standard InChI is InChI=1S/C12H13ClN2O2/c1-3-17-12(16)15-11-7(2)9-6-8(13)4-5-10(9)14-11/h4-6,14H,3H2,1-2H3,(H,15,16). The summed E-state index contributed by atoms with van der Waals surface area (Å²) in [7, 11) is 0. The van der Waals surface area contributed by atoms with Gasteiger partial charge in [-0.15, -0.1) is 0 Å². The van der Waals surface area contributed by atoms with Gasteiger partial charge in [-0.25, -0.2) is 4.79 Å². The molecule has 90 valence electrons. The van der Waals surface area contributed by atoms with Gasteiger partial charge in [-0.3, -0.25) is 5.32 Å². The Labute approximate surface area is 104 Å². The second-order valence-corrected chi connectivity index (χ2v) is 4.10. The first kappa shape index (κ1) is 11.8. The van der Waals surface area contributed by atoms with Crippen LogP contribution in [-0.4, -0.2) is 17.7 Å². The maximum absolute atomic E-state index is 11.3. The molecule has 1 aromatic carbocycles. The Morgan fingerprint density at radius 2 is 2.29 bits per heavy atom. The molecule has 2 rings (SSSR count). The maximum atomic E-state index is 11.3. The topological polar surface area (TPSA) is 54.1 Å². The van der Waals surface area contributed by atoms with Crippen LogP contribution in [-0.2, 0) is 4.74 Å². The van der Waals surface area contributed by atoms with Gasteiger partial charge in [0.2, 0.25) is 0 Å². The van der Waals surface area contributed by atoms with E-state index in [1.54, 1.807) is 13.0 Å². The number of aryl methyl sites for hydroxylation is 1. The molecule has 1 aromatic heterocycles. The number of hydrogen-bond donors (Lipinski definition) is 2. The minimum atomic E-state index is -0.465. The summed E-state index contributed by atoms with van der Waals surface area (Å²) in [6.07, 6.45) is -0.465. The van der Waals surface area contributed by atoms with E-state index in [0.29, 0.717) is 17.4 Å². The zero-order chi connectivity index (χ0) is 12.4. The molecule has 0 spiro atoms. The molecule has 2 aromatic rings. The van der Waals surface area contributed by atoms with Crippen molar-refractivity contribution in [1.29, 1.82) is 0 Å². The molecule has 0 atom stereocenters. The molecular formula is C12H13ClN2O2. The number of aromatic nitrogens is 1. The van der Waals surface area contributed by atoms with E-state index in [0.717, 1.165) is 16.5 Å². The van der Waals surface area contributed by atoms with Crippen LogP contribution in [0.2, 0.25) is 5.02 Å². The molecule has 2 N–H and O–H groups in total. The van der Waals surface area contributed by atoms with Crippen LogP contribution in [0.5, 0.6) is 0 Å². The average Bonchev–Trinajstić information content (AvgIpc) is 2.57.